The van der Waals surface area contributed by atoms with Gasteiger partial charge in [-0.15, -0.1) is 11.8 Å². The highest BCUT2D eigenvalue weighted by molar-refractivity contribution is 7.99. The first-order valence-electron chi connectivity index (χ1n) is 8.59. The maximum Gasteiger partial charge on any atom is 0.230 e. The molecule has 146 valence electrons. The average molecular weight is 401 g/mol. The lowest BCUT2D eigenvalue weighted by molar-refractivity contribution is -0.119. The number of hydrogen-bond donors (Lipinski definition) is 1. The van der Waals surface area contributed by atoms with Crippen LogP contribution in [0.4, 0.5) is 0 Å². The number of sulfonamides is 1. The predicted molar refractivity (Wildman–Crippen MR) is 106 cm³/mol. The monoisotopic (exact) mass is 400 g/mol. The molecule has 6 nitrogen and oxygen atoms in total. The Morgan fingerprint density at radius 1 is 1.23 bits per heavy atom. The molecule has 26 heavy (non-hydrogen) atoms. The van der Waals surface area contributed by atoms with E-state index in [-0.39, 0.29) is 23.6 Å². The minimum Gasteiger partial charge on any atom is -0.379 e. The Kier molecular flexibility index (Phi) is 7.52. The van der Waals surface area contributed by atoms with Crippen LogP contribution < -0.4 is 5.32 Å². The lowest BCUT2D eigenvalue weighted by atomic mass is 10.1. The van der Waals surface area contributed by atoms with Crippen molar-refractivity contribution in [3.05, 3.63) is 34.9 Å². The number of aryl methyl sites for hydroxylation is 2. The van der Waals surface area contributed by atoms with Gasteiger partial charge < -0.3 is 10.1 Å². The molecule has 0 unspecified atom stereocenters. The summed E-state index contributed by atoms with van der Waals surface area (Å²) in [4.78, 5) is 12.2. The summed E-state index contributed by atoms with van der Waals surface area (Å²) in [6, 6.07) is 6.14. The SMILES string of the molecule is Cc1cc(C)cc(CSCC(=O)N[C@H]2COC[C@H]2CS(=O)(=O)N(C)C)c1. The second-order valence-corrected chi connectivity index (χ2v) is 10.2. The summed E-state index contributed by atoms with van der Waals surface area (Å²) in [5.74, 6) is 0.810. The van der Waals surface area contributed by atoms with E-state index in [1.807, 2.05) is 0 Å². The highest BCUT2D eigenvalue weighted by Crippen LogP contribution is 2.19. The molecular formula is C18H28N2O4S2. The first kappa shape index (κ1) is 21.2. The van der Waals surface area contributed by atoms with Gasteiger partial charge in [0.1, 0.15) is 0 Å². The second-order valence-electron chi connectivity index (χ2n) is 7.02. The van der Waals surface area contributed by atoms with Gasteiger partial charge in [-0.3, -0.25) is 4.79 Å². The van der Waals surface area contributed by atoms with E-state index in [4.69, 9.17) is 4.74 Å². The number of rotatable bonds is 8. The van der Waals surface area contributed by atoms with Crippen molar-refractivity contribution in [2.75, 3.05) is 38.8 Å². The molecule has 1 heterocycles. The molecule has 0 spiro atoms. The molecule has 0 radical (unpaired) electrons. The number of nitrogens with zero attached hydrogens (tertiary/aromatic N) is 1. The molecule has 8 heteroatoms. The molecule has 1 N–H and O–H groups in total. The predicted octanol–water partition coefficient (Wildman–Crippen LogP) is 1.56. The maximum atomic E-state index is 12.2. The molecule has 1 aromatic rings. The molecule has 0 aliphatic carbocycles. The fourth-order valence-corrected chi connectivity index (χ4v) is 4.95. The van der Waals surface area contributed by atoms with Crippen molar-refractivity contribution in [3.63, 3.8) is 0 Å². The van der Waals surface area contributed by atoms with Crippen LogP contribution in [0.3, 0.4) is 0 Å². The van der Waals surface area contributed by atoms with Crippen molar-refractivity contribution in [2.24, 2.45) is 5.92 Å². The van der Waals surface area contributed by atoms with Crippen molar-refractivity contribution in [1.29, 1.82) is 0 Å². The standard InChI is InChI=1S/C18H28N2O4S2/c1-13-5-14(2)7-15(6-13)10-25-11-18(21)19-17-9-24-8-16(17)12-26(22,23)20(3)4/h5-7,16-17H,8-12H2,1-4H3,(H,19,21)/t16-,17-/m0/s1. The molecule has 2 rings (SSSR count). The van der Waals surface area contributed by atoms with Gasteiger partial charge in [0.05, 0.1) is 30.8 Å². The van der Waals surface area contributed by atoms with E-state index in [0.717, 1.165) is 5.75 Å². The van der Waals surface area contributed by atoms with Crippen LogP contribution in [0.15, 0.2) is 18.2 Å². The molecule has 0 saturated carbocycles. The number of nitrogens with one attached hydrogen (secondary N) is 1. The minimum atomic E-state index is -3.31. The third-order valence-corrected chi connectivity index (χ3v) is 7.27. The lowest BCUT2D eigenvalue weighted by Gasteiger charge is -2.21. The Morgan fingerprint density at radius 2 is 1.88 bits per heavy atom. The molecule has 1 saturated heterocycles. The zero-order valence-corrected chi connectivity index (χ0v) is 17.5. The Bertz CT molecular complexity index is 714. The van der Waals surface area contributed by atoms with E-state index < -0.39 is 10.0 Å². The average Bonchev–Trinajstić information content (AvgIpc) is 2.92. The van der Waals surface area contributed by atoms with Gasteiger partial charge in [0, 0.05) is 25.8 Å². The van der Waals surface area contributed by atoms with E-state index in [0.29, 0.717) is 19.0 Å². The lowest BCUT2D eigenvalue weighted by Crippen LogP contribution is -2.44. The van der Waals surface area contributed by atoms with Crippen LogP contribution >= 0.6 is 11.8 Å². The highest BCUT2D eigenvalue weighted by Gasteiger charge is 2.34. The number of ether oxygens (including phenoxy) is 1. The van der Waals surface area contributed by atoms with Crippen LogP contribution in [-0.2, 0) is 25.3 Å². The zero-order valence-electron chi connectivity index (χ0n) is 15.8. The minimum absolute atomic E-state index is 0.0132. The van der Waals surface area contributed by atoms with Gasteiger partial charge in [0.2, 0.25) is 15.9 Å². The molecule has 1 aliphatic heterocycles. The zero-order chi connectivity index (χ0) is 19.3. The smallest absolute Gasteiger partial charge is 0.230 e. The van der Waals surface area contributed by atoms with Gasteiger partial charge >= 0.3 is 0 Å². The fraction of sp³-hybridized carbons (Fsp3) is 0.611. The van der Waals surface area contributed by atoms with Crippen LogP contribution in [0, 0.1) is 19.8 Å². The van der Waals surface area contributed by atoms with Gasteiger partial charge in [0.15, 0.2) is 0 Å². The highest BCUT2D eigenvalue weighted by atomic mass is 32.2. The Balaban J connectivity index is 1.81. The number of benzene rings is 1. The van der Waals surface area contributed by atoms with Gasteiger partial charge in [-0.05, 0) is 19.4 Å². The Labute approximate surface area is 160 Å². The van der Waals surface area contributed by atoms with Crippen LogP contribution in [0.1, 0.15) is 16.7 Å². The van der Waals surface area contributed by atoms with Gasteiger partial charge in [-0.25, -0.2) is 12.7 Å². The van der Waals surface area contributed by atoms with Crippen LogP contribution in [0.25, 0.3) is 0 Å². The van der Waals surface area contributed by atoms with Crippen molar-refractivity contribution in [2.45, 2.75) is 25.6 Å². The summed E-state index contributed by atoms with van der Waals surface area (Å²) in [7, 11) is -0.282. The maximum absolute atomic E-state index is 12.2. The summed E-state index contributed by atoms with van der Waals surface area (Å²) in [5.41, 5.74) is 3.65. The van der Waals surface area contributed by atoms with Crippen molar-refractivity contribution >= 4 is 27.7 Å². The number of carbonyl (C=O) groups is 1. The van der Waals surface area contributed by atoms with Crippen LogP contribution in [-0.4, -0.2) is 63.5 Å². The molecule has 0 aromatic heterocycles. The normalized spacial score (nSPS) is 20.5. The van der Waals surface area contributed by atoms with Crippen molar-refractivity contribution in [1.82, 2.24) is 9.62 Å². The van der Waals surface area contributed by atoms with Crippen LogP contribution in [0.5, 0.6) is 0 Å². The third kappa shape index (κ3) is 6.26. The molecule has 2 atom stereocenters. The molecule has 1 amide bonds. The van der Waals surface area contributed by atoms with E-state index in [2.05, 4.69) is 37.4 Å². The number of amides is 1. The van der Waals surface area contributed by atoms with E-state index in [1.165, 1.54) is 35.1 Å². The third-order valence-electron chi connectivity index (χ3n) is 4.31. The van der Waals surface area contributed by atoms with Crippen molar-refractivity contribution in [3.8, 4) is 0 Å². The second kappa shape index (κ2) is 9.21. The van der Waals surface area contributed by atoms with Gasteiger partial charge in [-0.1, -0.05) is 29.3 Å². The fourth-order valence-electron chi connectivity index (χ4n) is 3.00. The number of hydrogen-bond acceptors (Lipinski definition) is 5. The van der Waals surface area contributed by atoms with E-state index in [9.17, 15) is 13.2 Å². The summed E-state index contributed by atoms with van der Waals surface area (Å²) in [6.07, 6.45) is 0. The summed E-state index contributed by atoms with van der Waals surface area (Å²) in [5, 5.41) is 2.93. The number of thioether (sulfide) groups is 1. The van der Waals surface area contributed by atoms with Gasteiger partial charge in [-0.2, -0.15) is 0 Å². The molecule has 0 bridgehead atoms. The Morgan fingerprint density at radius 3 is 2.50 bits per heavy atom. The summed E-state index contributed by atoms with van der Waals surface area (Å²) >= 11 is 1.56. The molecule has 1 aromatic carbocycles. The molecule has 1 fully saturated rings. The quantitative estimate of drug-likeness (QED) is 0.717. The summed E-state index contributed by atoms with van der Waals surface area (Å²) in [6.45, 7) is 4.85. The topological polar surface area (TPSA) is 75.7 Å². The first-order chi connectivity index (χ1) is 12.2. The molecular weight excluding hydrogens is 372 g/mol. The summed E-state index contributed by atoms with van der Waals surface area (Å²) < 4.78 is 30.7. The van der Waals surface area contributed by atoms with E-state index in [1.54, 1.807) is 11.8 Å². The van der Waals surface area contributed by atoms with Crippen LogP contribution in [0.2, 0.25) is 0 Å². The Hall–Kier alpha value is -1.09. The van der Waals surface area contributed by atoms with E-state index >= 15 is 0 Å². The first-order valence-corrected chi connectivity index (χ1v) is 11.4. The van der Waals surface area contributed by atoms with Crippen molar-refractivity contribution < 1.29 is 17.9 Å². The number of carbonyl (C=O) groups excluding carboxylic acids is 1. The van der Waals surface area contributed by atoms with Gasteiger partial charge in [0.25, 0.3) is 0 Å². The largest absolute Gasteiger partial charge is 0.379 e. The molecule has 1 aliphatic rings.